The average Bonchev–Trinajstić information content (AvgIpc) is 2.91. The van der Waals surface area contributed by atoms with Crippen LogP contribution in [0.3, 0.4) is 0 Å². The molecule has 1 aliphatic heterocycles. The second-order valence-electron chi connectivity index (χ2n) is 8.09. The Hall–Kier alpha value is -3.91. The first-order valence-corrected chi connectivity index (χ1v) is 12.2. The van der Waals surface area contributed by atoms with E-state index in [0.29, 0.717) is 46.4 Å². The molecule has 3 aromatic carbocycles. The molecule has 186 valence electrons. The fourth-order valence-electron chi connectivity index (χ4n) is 3.92. The first-order valence-electron chi connectivity index (χ1n) is 11.4. The monoisotopic (exact) mass is 504 g/mol. The van der Waals surface area contributed by atoms with Crippen LogP contribution in [0.4, 0.5) is 5.69 Å². The third-order valence-corrected chi connectivity index (χ3v) is 6.97. The van der Waals surface area contributed by atoms with Gasteiger partial charge in [0.05, 0.1) is 31.9 Å². The minimum Gasteiger partial charge on any atom is -0.496 e. The number of rotatable bonds is 8. The topological polar surface area (TPSA) is 77.1 Å². The van der Waals surface area contributed by atoms with Crippen LogP contribution in [-0.2, 0) is 11.2 Å². The zero-order valence-corrected chi connectivity index (χ0v) is 21.5. The third-order valence-electron chi connectivity index (χ3n) is 5.89. The van der Waals surface area contributed by atoms with E-state index in [9.17, 15) is 9.59 Å². The molecule has 4 rings (SSSR count). The highest BCUT2D eigenvalue weighted by Crippen LogP contribution is 2.42. The molecule has 7 nitrogen and oxygen atoms in total. The zero-order chi connectivity index (χ0) is 25.7. The number of hydrogen-bond donors (Lipinski definition) is 1. The van der Waals surface area contributed by atoms with Gasteiger partial charge in [-0.15, -0.1) is 0 Å². The number of methoxy groups -OCH3 is 3. The molecule has 0 atom stereocenters. The van der Waals surface area contributed by atoms with Crippen LogP contribution in [0.25, 0.3) is 6.08 Å². The third kappa shape index (κ3) is 5.33. The summed E-state index contributed by atoms with van der Waals surface area (Å²) < 4.78 is 16.0. The van der Waals surface area contributed by atoms with Crippen molar-refractivity contribution in [2.75, 3.05) is 39.8 Å². The van der Waals surface area contributed by atoms with Crippen molar-refractivity contribution in [2.45, 2.75) is 11.3 Å². The van der Waals surface area contributed by atoms with Gasteiger partial charge in [-0.3, -0.25) is 9.59 Å². The number of nitrogens with zero attached hydrogens (tertiary/aromatic N) is 1. The lowest BCUT2D eigenvalue weighted by Gasteiger charge is -2.27. The molecule has 3 aromatic rings. The van der Waals surface area contributed by atoms with Crippen LogP contribution in [0, 0.1) is 0 Å². The Labute approximate surface area is 215 Å². The van der Waals surface area contributed by atoms with E-state index < -0.39 is 0 Å². The van der Waals surface area contributed by atoms with Gasteiger partial charge in [-0.25, -0.2) is 0 Å². The highest BCUT2D eigenvalue weighted by atomic mass is 32.2. The fraction of sp³-hybridized carbons (Fsp3) is 0.214. The Morgan fingerprint density at radius 3 is 2.44 bits per heavy atom. The van der Waals surface area contributed by atoms with E-state index >= 15 is 0 Å². The average molecular weight is 505 g/mol. The number of anilines is 1. The molecule has 2 amide bonds. The Morgan fingerprint density at radius 1 is 0.944 bits per heavy atom. The number of amides is 2. The summed E-state index contributed by atoms with van der Waals surface area (Å²) in [6, 6.07) is 18.7. The van der Waals surface area contributed by atoms with Crippen molar-refractivity contribution in [3.63, 3.8) is 0 Å². The molecule has 0 aromatic heterocycles. The highest BCUT2D eigenvalue weighted by molar-refractivity contribution is 8.04. The minimum atomic E-state index is -0.195. The van der Waals surface area contributed by atoms with Gasteiger partial charge in [0.1, 0.15) is 5.75 Å². The summed E-state index contributed by atoms with van der Waals surface area (Å²) >= 11 is 1.39. The number of ether oxygens (including phenoxy) is 3. The van der Waals surface area contributed by atoms with Crippen molar-refractivity contribution in [3.05, 3.63) is 82.3 Å². The second-order valence-corrected chi connectivity index (χ2v) is 9.18. The number of carbonyl (C=O) groups excluding carboxylic acids is 2. The second kappa shape index (κ2) is 11.2. The van der Waals surface area contributed by atoms with E-state index in [-0.39, 0.29) is 11.8 Å². The maximum atomic E-state index is 13.1. The summed E-state index contributed by atoms with van der Waals surface area (Å²) in [5, 5.41) is 2.95. The van der Waals surface area contributed by atoms with Gasteiger partial charge >= 0.3 is 0 Å². The van der Waals surface area contributed by atoms with Crippen molar-refractivity contribution >= 4 is 35.3 Å². The summed E-state index contributed by atoms with van der Waals surface area (Å²) in [5.41, 5.74) is 3.06. The van der Waals surface area contributed by atoms with E-state index in [4.69, 9.17) is 14.2 Å². The minimum absolute atomic E-state index is 0.135. The number of benzene rings is 3. The summed E-state index contributed by atoms with van der Waals surface area (Å²) in [7, 11) is 6.51. The first-order chi connectivity index (χ1) is 17.4. The molecule has 0 radical (unpaired) electrons. The molecule has 0 unspecified atom stereocenters. The summed E-state index contributed by atoms with van der Waals surface area (Å²) in [4.78, 5) is 29.0. The number of carbonyl (C=O) groups is 2. The van der Waals surface area contributed by atoms with Gasteiger partial charge in [-0.2, -0.15) is 0 Å². The van der Waals surface area contributed by atoms with Crippen LogP contribution in [0.2, 0.25) is 0 Å². The molecule has 1 N–H and O–H groups in total. The highest BCUT2D eigenvalue weighted by Gasteiger charge is 2.27. The molecule has 1 aliphatic rings. The lowest BCUT2D eigenvalue weighted by Crippen LogP contribution is -2.31. The van der Waals surface area contributed by atoms with Gasteiger partial charge in [-0.1, -0.05) is 36.0 Å². The Morgan fingerprint density at radius 2 is 1.69 bits per heavy atom. The maximum Gasteiger partial charge on any atom is 0.264 e. The normalized spacial score (nSPS) is 13.8. The van der Waals surface area contributed by atoms with Crippen molar-refractivity contribution in [1.82, 2.24) is 5.32 Å². The van der Waals surface area contributed by atoms with Crippen LogP contribution in [-0.4, -0.2) is 46.7 Å². The molecule has 0 aliphatic carbocycles. The predicted octanol–water partition coefficient (Wildman–Crippen LogP) is 4.79. The largest absolute Gasteiger partial charge is 0.496 e. The van der Waals surface area contributed by atoms with Gasteiger partial charge in [-0.05, 0) is 54.5 Å². The van der Waals surface area contributed by atoms with Gasteiger partial charge in [0.25, 0.3) is 11.8 Å². The van der Waals surface area contributed by atoms with E-state index in [1.807, 2.05) is 54.6 Å². The van der Waals surface area contributed by atoms with E-state index in [2.05, 4.69) is 5.32 Å². The lowest BCUT2D eigenvalue weighted by atomic mass is 10.1. The number of thioether (sulfide) groups is 1. The quantitative estimate of drug-likeness (QED) is 0.445. The van der Waals surface area contributed by atoms with Crippen LogP contribution >= 0.6 is 11.8 Å². The first kappa shape index (κ1) is 25.2. The van der Waals surface area contributed by atoms with Crippen molar-refractivity contribution in [2.24, 2.45) is 0 Å². The molecule has 36 heavy (non-hydrogen) atoms. The Bertz CT molecular complexity index is 1320. The molecular formula is C28H28N2O5S. The molecular weight excluding hydrogens is 476 g/mol. The van der Waals surface area contributed by atoms with Gasteiger partial charge in [0.15, 0.2) is 11.5 Å². The number of nitrogens with one attached hydrogen (secondary N) is 1. The molecule has 0 saturated heterocycles. The Balaban J connectivity index is 1.45. The summed E-state index contributed by atoms with van der Waals surface area (Å²) in [5.74, 6) is 1.69. The van der Waals surface area contributed by atoms with Gasteiger partial charge in [0, 0.05) is 29.6 Å². The van der Waals surface area contributed by atoms with Crippen molar-refractivity contribution in [3.8, 4) is 17.2 Å². The lowest BCUT2D eigenvalue weighted by molar-refractivity contribution is -0.114. The van der Waals surface area contributed by atoms with E-state index in [1.54, 1.807) is 45.4 Å². The summed E-state index contributed by atoms with van der Waals surface area (Å²) in [6.45, 7) is 0.459. The van der Waals surface area contributed by atoms with Crippen LogP contribution in [0.15, 0.2) is 70.5 Å². The number of para-hydroxylation sites is 1. The zero-order valence-electron chi connectivity index (χ0n) is 20.7. The van der Waals surface area contributed by atoms with Crippen molar-refractivity contribution < 1.29 is 23.8 Å². The summed E-state index contributed by atoms with van der Waals surface area (Å²) in [6.07, 6.45) is 2.47. The van der Waals surface area contributed by atoms with Gasteiger partial charge in [0.2, 0.25) is 0 Å². The smallest absolute Gasteiger partial charge is 0.264 e. The maximum absolute atomic E-state index is 13.1. The molecule has 0 saturated carbocycles. The molecule has 8 heteroatoms. The predicted molar refractivity (Wildman–Crippen MR) is 142 cm³/mol. The SMILES string of the molecule is COc1ccccc1C=C1Sc2ccc(C(=O)NCCc3ccc(OC)c(OC)c3)cc2N(C)C1=O. The number of hydrogen-bond acceptors (Lipinski definition) is 6. The van der Waals surface area contributed by atoms with E-state index in [0.717, 1.165) is 16.0 Å². The molecule has 0 spiro atoms. The van der Waals surface area contributed by atoms with Crippen LogP contribution in [0.5, 0.6) is 17.2 Å². The molecule has 0 bridgehead atoms. The number of likely N-dealkylation sites (N-methyl/N-ethyl adjacent to an activating group) is 1. The fourth-order valence-corrected chi connectivity index (χ4v) is 5.00. The van der Waals surface area contributed by atoms with Crippen LogP contribution < -0.4 is 24.4 Å². The van der Waals surface area contributed by atoms with Gasteiger partial charge < -0.3 is 24.4 Å². The molecule has 1 heterocycles. The standard InChI is InChI=1S/C28H28N2O5S/c1-30-21-16-20(27(31)29-14-13-18-9-11-23(34-3)24(15-18)35-4)10-12-25(21)36-26(28(30)32)17-19-7-5-6-8-22(19)33-2/h5-12,15-17H,13-14H2,1-4H3,(H,29,31). The van der Waals surface area contributed by atoms with E-state index in [1.165, 1.54) is 11.8 Å². The Kier molecular flexibility index (Phi) is 7.85. The number of fused-ring (bicyclic) bond motifs is 1. The van der Waals surface area contributed by atoms with Crippen molar-refractivity contribution in [1.29, 1.82) is 0 Å². The van der Waals surface area contributed by atoms with Crippen LogP contribution in [0.1, 0.15) is 21.5 Å². The molecule has 0 fully saturated rings.